The molecule has 2 aromatic rings. The Morgan fingerprint density at radius 1 is 1.43 bits per heavy atom. The Kier molecular flexibility index (Phi) is 4.25. The smallest absolute Gasteiger partial charge is 0.159 e. The second-order valence-electron chi connectivity index (χ2n) is 2.46. The van der Waals surface area contributed by atoms with Gasteiger partial charge >= 0.3 is 0 Å². The van der Waals surface area contributed by atoms with Crippen LogP contribution in [0.25, 0.3) is 10.2 Å². The number of para-hydroxylation sites is 1. The van der Waals surface area contributed by atoms with Gasteiger partial charge in [-0.1, -0.05) is 26.0 Å². The van der Waals surface area contributed by atoms with Gasteiger partial charge in [-0.2, -0.15) is 0 Å². The Labute approximate surface area is 92.2 Å². The van der Waals surface area contributed by atoms with Crippen LogP contribution in [0.4, 0.5) is 0 Å². The number of benzene rings is 1. The zero-order valence-corrected chi connectivity index (χ0v) is 9.84. The summed E-state index contributed by atoms with van der Waals surface area (Å²) in [6.45, 7) is 4.05. The van der Waals surface area contributed by atoms with Crippen molar-refractivity contribution in [3.05, 3.63) is 27.7 Å². The minimum Gasteiger partial charge on any atom is -0.392 e. The van der Waals surface area contributed by atoms with E-state index in [-0.39, 0.29) is 6.61 Å². The van der Waals surface area contributed by atoms with Crippen LogP contribution in [0, 0.1) is 3.95 Å². The Morgan fingerprint density at radius 3 is 2.79 bits per heavy atom. The normalized spacial score (nSPS) is 9.64. The predicted molar refractivity (Wildman–Crippen MR) is 64.3 cm³/mol. The molecule has 0 aliphatic carbocycles. The zero-order valence-electron chi connectivity index (χ0n) is 8.20. The summed E-state index contributed by atoms with van der Waals surface area (Å²) < 4.78 is 1.86. The zero-order chi connectivity index (χ0) is 10.6. The number of hydrogen-bond donors (Lipinski definition) is 2. The first-order valence-corrected chi connectivity index (χ1v) is 5.75. The van der Waals surface area contributed by atoms with Gasteiger partial charge in [0.25, 0.3) is 0 Å². The lowest BCUT2D eigenvalue weighted by Gasteiger charge is -1.95. The Bertz CT molecular complexity index is 458. The molecule has 14 heavy (non-hydrogen) atoms. The number of hydrogen-bond acceptors (Lipinski definition) is 3. The quantitative estimate of drug-likeness (QED) is 0.732. The third-order valence-corrected chi connectivity index (χ3v) is 2.91. The van der Waals surface area contributed by atoms with Crippen LogP contribution < -0.4 is 0 Å². The van der Waals surface area contributed by atoms with Crippen molar-refractivity contribution >= 4 is 33.8 Å². The molecule has 0 fully saturated rings. The fraction of sp³-hybridized carbons (Fsp3) is 0.300. The molecule has 4 heteroatoms. The molecular formula is C10H13NOS2. The average Bonchev–Trinajstić information content (AvgIpc) is 2.60. The lowest BCUT2D eigenvalue weighted by molar-refractivity contribution is 0.283. The summed E-state index contributed by atoms with van der Waals surface area (Å²) in [5.74, 6) is 0. The number of fused-ring (bicyclic) bond motifs is 1. The third kappa shape index (κ3) is 2.20. The van der Waals surface area contributed by atoms with Crippen LogP contribution in [0.15, 0.2) is 18.2 Å². The Balaban J connectivity index is 0.000000461. The molecule has 0 amide bonds. The monoisotopic (exact) mass is 227 g/mol. The van der Waals surface area contributed by atoms with Crippen molar-refractivity contribution < 1.29 is 5.11 Å². The number of nitrogens with one attached hydrogen (secondary N) is 1. The molecule has 2 nitrogen and oxygen atoms in total. The van der Waals surface area contributed by atoms with Gasteiger partial charge in [0.05, 0.1) is 16.8 Å². The molecule has 2 rings (SSSR count). The van der Waals surface area contributed by atoms with Crippen molar-refractivity contribution in [2.45, 2.75) is 20.5 Å². The third-order valence-electron chi connectivity index (χ3n) is 1.71. The van der Waals surface area contributed by atoms with Crippen molar-refractivity contribution in [1.82, 2.24) is 4.98 Å². The Hall–Kier alpha value is -0.710. The van der Waals surface area contributed by atoms with Gasteiger partial charge in [-0.15, -0.1) is 11.3 Å². The summed E-state index contributed by atoms with van der Waals surface area (Å²) in [7, 11) is 0. The summed E-state index contributed by atoms with van der Waals surface area (Å²) in [5, 5.41) is 9.00. The highest BCUT2D eigenvalue weighted by Gasteiger charge is 2.00. The molecule has 0 spiro atoms. The van der Waals surface area contributed by atoms with Crippen molar-refractivity contribution in [3.63, 3.8) is 0 Å². The lowest BCUT2D eigenvalue weighted by atomic mass is 10.2. The maximum Gasteiger partial charge on any atom is 0.159 e. The number of aliphatic hydroxyl groups is 1. The minimum absolute atomic E-state index is 0.0549. The number of H-pyrrole nitrogens is 1. The molecule has 0 saturated carbocycles. The van der Waals surface area contributed by atoms with Crippen molar-refractivity contribution in [1.29, 1.82) is 0 Å². The standard InChI is InChI=1S/C8H7NOS2.C2H6/c10-4-5-2-1-3-6-7(5)9-8(11)12-6;1-2/h1-3,10H,4H2,(H,9,11);1-2H3. The molecule has 76 valence electrons. The highest BCUT2D eigenvalue weighted by molar-refractivity contribution is 7.73. The van der Waals surface area contributed by atoms with Gasteiger partial charge in [-0.25, -0.2) is 0 Å². The molecule has 0 bridgehead atoms. The first-order valence-electron chi connectivity index (χ1n) is 4.53. The predicted octanol–water partition coefficient (Wildman–Crippen LogP) is 3.48. The minimum atomic E-state index is 0.0549. The maximum atomic E-state index is 9.00. The van der Waals surface area contributed by atoms with E-state index in [2.05, 4.69) is 4.98 Å². The van der Waals surface area contributed by atoms with Crippen LogP contribution in [0.1, 0.15) is 19.4 Å². The van der Waals surface area contributed by atoms with Gasteiger partial charge in [0.15, 0.2) is 3.95 Å². The fourth-order valence-corrected chi connectivity index (χ4v) is 2.32. The van der Waals surface area contributed by atoms with Gasteiger partial charge in [-0.05, 0) is 18.3 Å². The van der Waals surface area contributed by atoms with Crippen LogP contribution in [-0.4, -0.2) is 10.1 Å². The van der Waals surface area contributed by atoms with Gasteiger partial charge in [0, 0.05) is 5.56 Å². The van der Waals surface area contributed by atoms with Crippen LogP contribution in [0.3, 0.4) is 0 Å². The van der Waals surface area contributed by atoms with Gasteiger partial charge < -0.3 is 10.1 Å². The SMILES string of the molecule is CC.OCc1cccc2sc(=S)[nH]c12. The van der Waals surface area contributed by atoms with E-state index >= 15 is 0 Å². The highest BCUT2D eigenvalue weighted by atomic mass is 32.1. The molecule has 0 aliphatic rings. The number of aliphatic hydroxyl groups excluding tert-OH is 1. The summed E-state index contributed by atoms with van der Waals surface area (Å²) in [5.41, 5.74) is 1.87. The van der Waals surface area contributed by atoms with Crippen LogP contribution >= 0.6 is 23.6 Å². The molecule has 0 saturated heterocycles. The maximum absolute atomic E-state index is 9.00. The first kappa shape index (κ1) is 11.4. The Morgan fingerprint density at radius 2 is 2.14 bits per heavy atom. The van der Waals surface area contributed by atoms with Gasteiger partial charge in [0.2, 0.25) is 0 Å². The largest absolute Gasteiger partial charge is 0.392 e. The molecule has 0 radical (unpaired) electrons. The van der Waals surface area contributed by atoms with E-state index in [0.717, 1.165) is 19.7 Å². The molecule has 2 N–H and O–H groups in total. The van der Waals surface area contributed by atoms with E-state index in [9.17, 15) is 0 Å². The van der Waals surface area contributed by atoms with Crippen LogP contribution in [-0.2, 0) is 6.61 Å². The van der Waals surface area contributed by atoms with E-state index in [1.54, 1.807) is 0 Å². The van der Waals surface area contributed by atoms with Crippen molar-refractivity contribution in [2.24, 2.45) is 0 Å². The summed E-state index contributed by atoms with van der Waals surface area (Å²) in [6.07, 6.45) is 0. The second kappa shape index (κ2) is 5.24. The molecular weight excluding hydrogens is 214 g/mol. The average molecular weight is 227 g/mol. The summed E-state index contributed by atoms with van der Waals surface area (Å²) in [4.78, 5) is 3.05. The topological polar surface area (TPSA) is 36.0 Å². The lowest BCUT2D eigenvalue weighted by Crippen LogP contribution is -1.83. The van der Waals surface area contributed by atoms with Crippen LogP contribution in [0.5, 0.6) is 0 Å². The highest BCUT2D eigenvalue weighted by Crippen LogP contribution is 2.22. The summed E-state index contributed by atoms with van der Waals surface area (Å²) in [6, 6.07) is 5.80. The molecule has 1 heterocycles. The van der Waals surface area contributed by atoms with E-state index in [1.165, 1.54) is 11.3 Å². The first-order chi connectivity index (χ1) is 6.81. The number of rotatable bonds is 1. The van der Waals surface area contributed by atoms with Crippen molar-refractivity contribution in [2.75, 3.05) is 0 Å². The molecule has 1 aromatic heterocycles. The van der Waals surface area contributed by atoms with E-state index in [1.807, 2.05) is 32.0 Å². The molecule has 0 unspecified atom stereocenters. The van der Waals surface area contributed by atoms with Crippen molar-refractivity contribution in [3.8, 4) is 0 Å². The number of aromatic nitrogens is 1. The van der Waals surface area contributed by atoms with Gasteiger partial charge in [-0.3, -0.25) is 0 Å². The van der Waals surface area contributed by atoms with E-state index in [0.29, 0.717) is 0 Å². The number of thiazole rings is 1. The molecule has 1 aromatic carbocycles. The van der Waals surface area contributed by atoms with Gasteiger partial charge in [0.1, 0.15) is 0 Å². The second-order valence-corrected chi connectivity index (χ2v) is 4.18. The molecule has 0 aliphatic heterocycles. The van der Waals surface area contributed by atoms with E-state index in [4.69, 9.17) is 17.3 Å². The summed E-state index contributed by atoms with van der Waals surface area (Å²) >= 11 is 6.53. The molecule has 0 atom stereocenters. The van der Waals surface area contributed by atoms with E-state index < -0.39 is 0 Å². The van der Waals surface area contributed by atoms with Crippen LogP contribution in [0.2, 0.25) is 0 Å². The number of aromatic amines is 1. The fourth-order valence-electron chi connectivity index (χ4n) is 1.16.